The molecule has 1 saturated carbocycles. The van der Waals surface area contributed by atoms with Crippen LogP contribution in [0.4, 0.5) is 4.39 Å². The van der Waals surface area contributed by atoms with Gasteiger partial charge in [-0.25, -0.2) is 4.39 Å². The molecule has 4 N–H and O–H groups in total. The van der Waals surface area contributed by atoms with Crippen molar-refractivity contribution in [2.45, 2.75) is 31.2 Å². The maximum atomic E-state index is 13.1. The van der Waals surface area contributed by atoms with Gasteiger partial charge in [-0.05, 0) is 30.5 Å². The number of hydrogen-bond acceptors (Lipinski definition) is 3. The van der Waals surface area contributed by atoms with E-state index in [9.17, 15) is 14.0 Å². The normalized spacial score (nSPS) is 16.5. The second kappa shape index (κ2) is 6.67. The van der Waals surface area contributed by atoms with E-state index in [-0.39, 0.29) is 30.7 Å². The van der Waals surface area contributed by atoms with Crippen molar-refractivity contribution in [3.05, 3.63) is 35.6 Å². The highest BCUT2D eigenvalue weighted by Crippen LogP contribution is 2.38. The van der Waals surface area contributed by atoms with Gasteiger partial charge in [0, 0.05) is 0 Å². The zero-order chi connectivity index (χ0) is 15.3. The Bertz CT molecular complexity index is 510. The number of hydrogen-bond donors (Lipinski definition) is 3. The van der Waals surface area contributed by atoms with Crippen molar-refractivity contribution in [2.75, 3.05) is 13.1 Å². The summed E-state index contributed by atoms with van der Waals surface area (Å²) in [6.45, 7) is -0.241. The Labute approximate surface area is 123 Å². The number of carbonyl (C=O) groups is 2. The quantitative estimate of drug-likeness (QED) is 0.750. The molecule has 0 heterocycles. The summed E-state index contributed by atoms with van der Waals surface area (Å²) >= 11 is 0. The topological polar surface area (TPSA) is 84.2 Å². The molecular weight excluding hydrogens is 273 g/mol. The zero-order valence-electron chi connectivity index (χ0n) is 11.8. The maximum Gasteiger partial charge on any atom is 0.240 e. The highest BCUT2D eigenvalue weighted by molar-refractivity contribution is 5.85. The fourth-order valence-corrected chi connectivity index (χ4v) is 2.80. The second-order valence-electron chi connectivity index (χ2n) is 5.33. The van der Waals surface area contributed by atoms with Crippen molar-refractivity contribution in [2.24, 2.45) is 5.73 Å². The van der Waals surface area contributed by atoms with Gasteiger partial charge in [0.2, 0.25) is 11.8 Å². The minimum atomic E-state index is -0.460. The minimum Gasteiger partial charge on any atom is -0.346 e. The van der Waals surface area contributed by atoms with Gasteiger partial charge in [-0.2, -0.15) is 0 Å². The first-order valence-electron chi connectivity index (χ1n) is 7.09. The lowest BCUT2D eigenvalue weighted by Crippen LogP contribution is -2.48. The van der Waals surface area contributed by atoms with Gasteiger partial charge in [-0.1, -0.05) is 25.0 Å². The molecule has 0 spiro atoms. The van der Waals surface area contributed by atoms with E-state index >= 15 is 0 Å². The Kier molecular flexibility index (Phi) is 4.90. The second-order valence-corrected chi connectivity index (χ2v) is 5.33. The van der Waals surface area contributed by atoms with Crippen LogP contribution in [0, 0.1) is 5.82 Å². The molecule has 0 atom stereocenters. The summed E-state index contributed by atoms with van der Waals surface area (Å²) in [6.07, 6.45) is 3.64. The summed E-state index contributed by atoms with van der Waals surface area (Å²) in [7, 11) is 0. The van der Waals surface area contributed by atoms with Crippen LogP contribution in [0.25, 0.3) is 0 Å². The summed E-state index contributed by atoms with van der Waals surface area (Å²) in [4.78, 5) is 23.1. The average molecular weight is 293 g/mol. The van der Waals surface area contributed by atoms with Crippen LogP contribution >= 0.6 is 0 Å². The predicted molar refractivity (Wildman–Crippen MR) is 76.8 cm³/mol. The predicted octanol–water partition coefficient (Wildman–Crippen LogP) is 0.786. The first-order chi connectivity index (χ1) is 10.1. The fourth-order valence-electron chi connectivity index (χ4n) is 2.80. The molecule has 114 valence electrons. The summed E-state index contributed by atoms with van der Waals surface area (Å²) in [5.74, 6) is -0.927. The van der Waals surface area contributed by atoms with E-state index in [1.807, 2.05) is 0 Å². The van der Waals surface area contributed by atoms with Gasteiger partial charge in [-0.15, -0.1) is 0 Å². The summed E-state index contributed by atoms with van der Waals surface area (Å²) in [6, 6.07) is 6.22. The SMILES string of the molecule is NCC(=O)NCC(=O)NC1(c2ccc(F)cc2)CCCC1. The van der Waals surface area contributed by atoms with Crippen molar-refractivity contribution in [1.82, 2.24) is 10.6 Å². The third-order valence-electron chi connectivity index (χ3n) is 3.86. The number of nitrogens with one attached hydrogen (secondary N) is 2. The van der Waals surface area contributed by atoms with E-state index in [1.165, 1.54) is 12.1 Å². The van der Waals surface area contributed by atoms with Gasteiger partial charge in [0.1, 0.15) is 5.82 Å². The summed E-state index contributed by atoms with van der Waals surface area (Å²) < 4.78 is 13.1. The first kappa shape index (κ1) is 15.4. The number of rotatable bonds is 5. The molecule has 21 heavy (non-hydrogen) atoms. The molecule has 1 aromatic carbocycles. The average Bonchev–Trinajstić information content (AvgIpc) is 2.95. The monoisotopic (exact) mass is 293 g/mol. The standard InChI is InChI=1S/C15H20FN3O2/c16-12-5-3-11(4-6-12)15(7-1-2-8-15)19-14(21)10-18-13(20)9-17/h3-6H,1-2,7-10,17H2,(H,18,20)(H,19,21). The summed E-state index contributed by atoms with van der Waals surface area (Å²) in [5.41, 5.74) is 5.62. The van der Waals surface area contributed by atoms with Crippen LogP contribution < -0.4 is 16.4 Å². The van der Waals surface area contributed by atoms with Gasteiger partial charge in [0.05, 0.1) is 18.6 Å². The molecule has 6 heteroatoms. The minimum absolute atomic E-state index is 0.0982. The van der Waals surface area contributed by atoms with Crippen LogP contribution in [0.2, 0.25) is 0 Å². The molecular formula is C15H20FN3O2. The van der Waals surface area contributed by atoms with Gasteiger partial charge >= 0.3 is 0 Å². The van der Waals surface area contributed by atoms with Crippen LogP contribution in [0.3, 0.4) is 0 Å². The van der Waals surface area contributed by atoms with E-state index in [2.05, 4.69) is 10.6 Å². The molecule has 2 amide bonds. The van der Waals surface area contributed by atoms with E-state index in [0.717, 1.165) is 31.2 Å². The highest BCUT2D eigenvalue weighted by Gasteiger charge is 2.36. The largest absolute Gasteiger partial charge is 0.346 e. The Balaban J connectivity index is 2.06. The zero-order valence-corrected chi connectivity index (χ0v) is 11.8. The molecule has 0 bridgehead atoms. The van der Waals surface area contributed by atoms with E-state index in [1.54, 1.807) is 12.1 Å². The van der Waals surface area contributed by atoms with Crippen molar-refractivity contribution in [3.63, 3.8) is 0 Å². The molecule has 0 aliphatic heterocycles. The smallest absolute Gasteiger partial charge is 0.240 e. The summed E-state index contributed by atoms with van der Waals surface area (Å²) in [5, 5.41) is 5.44. The van der Waals surface area contributed by atoms with Crippen molar-refractivity contribution in [1.29, 1.82) is 0 Å². The molecule has 0 unspecified atom stereocenters. The van der Waals surface area contributed by atoms with Gasteiger partial charge in [-0.3, -0.25) is 9.59 Å². The molecule has 1 aromatic rings. The molecule has 0 aromatic heterocycles. The van der Waals surface area contributed by atoms with Crippen molar-refractivity contribution >= 4 is 11.8 Å². The first-order valence-corrected chi connectivity index (χ1v) is 7.09. The van der Waals surface area contributed by atoms with Gasteiger partial charge < -0.3 is 16.4 Å². The number of benzene rings is 1. The van der Waals surface area contributed by atoms with Crippen LogP contribution in [0.1, 0.15) is 31.2 Å². The lowest BCUT2D eigenvalue weighted by molar-refractivity contribution is -0.126. The Morgan fingerprint density at radius 3 is 2.33 bits per heavy atom. The number of amides is 2. The highest BCUT2D eigenvalue weighted by atomic mass is 19.1. The lowest BCUT2D eigenvalue weighted by Gasteiger charge is -2.31. The molecule has 1 fully saturated rings. The Morgan fingerprint density at radius 2 is 1.76 bits per heavy atom. The van der Waals surface area contributed by atoms with Crippen molar-refractivity contribution < 1.29 is 14.0 Å². The van der Waals surface area contributed by atoms with Crippen LogP contribution in [-0.2, 0) is 15.1 Å². The van der Waals surface area contributed by atoms with Crippen LogP contribution in [-0.4, -0.2) is 24.9 Å². The molecule has 2 rings (SSSR count). The van der Waals surface area contributed by atoms with Crippen LogP contribution in [0.15, 0.2) is 24.3 Å². The molecule has 5 nitrogen and oxygen atoms in total. The van der Waals surface area contributed by atoms with E-state index < -0.39 is 5.54 Å². The maximum absolute atomic E-state index is 13.1. The number of halogens is 1. The Hall–Kier alpha value is -1.95. The molecule has 1 aliphatic rings. The van der Waals surface area contributed by atoms with Crippen molar-refractivity contribution in [3.8, 4) is 0 Å². The van der Waals surface area contributed by atoms with Gasteiger partial charge in [0.25, 0.3) is 0 Å². The van der Waals surface area contributed by atoms with Gasteiger partial charge in [0.15, 0.2) is 0 Å². The van der Waals surface area contributed by atoms with E-state index in [4.69, 9.17) is 5.73 Å². The molecule has 0 radical (unpaired) electrons. The number of nitrogens with two attached hydrogens (primary N) is 1. The lowest BCUT2D eigenvalue weighted by atomic mass is 9.88. The third-order valence-corrected chi connectivity index (χ3v) is 3.86. The number of carbonyl (C=O) groups excluding carboxylic acids is 2. The third kappa shape index (κ3) is 3.78. The van der Waals surface area contributed by atoms with E-state index in [0.29, 0.717) is 0 Å². The Morgan fingerprint density at radius 1 is 1.14 bits per heavy atom. The van der Waals surface area contributed by atoms with Crippen LogP contribution in [0.5, 0.6) is 0 Å². The molecule has 0 saturated heterocycles. The molecule has 1 aliphatic carbocycles. The fraction of sp³-hybridized carbons (Fsp3) is 0.467.